The third kappa shape index (κ3) is 10.3. The van der Waals surface area contributed by atoms with Crippen LogP contribution in [-0.4, -0.2) is 98.4 Å². The fourth-order valence-electron chi connectivity index (χ4n) is 8.62. The highest BCUT2D eigenvalue weighted by atomic mass is 32.1. The molecule has 0 aliphatic carbocycles. The van der Waals surface area contributed by atoms with Crippen LogP contribution in [0.4, 0.5) is 11.4 Å². The lowest BCUT2D eigenvalue weighted by Gasteiger charge is -2.36. The van der Waals surface area contributed by atoms with Crippen LogP contribution < -0.4 is 30.4 Å². The summed E-state index contributed by atoms with van der Waals surface area (Å²) in [5.74, 6) is 1.62. The van der Waals surface area contributed by atoms with Crippen molar-refractivity contribution in [2.45, 2.75) is 25.7 Å². The largest absolute Gasteiger partial charge is 0.494 e. The van der Waals surface area contributed by atoms with E-state index in [1.807, 2.05) is 71.2 Å². The number of unbranched alkanes of at least 4 members (excludes halogenated alkanes) is 2. The third-order valence-electron chi connectivity index (χ3n) is 12.0. The first-order valence-electron chi connectivity index (χ1n) is 21.9. The molecule has 2 aliphatic rings. The van der Waals surface area contributed by atoms with E-state index in [0.717, 1.165) is 124 Å². The number of H-pyrrole nitrogens is 2. The SMILES string of the molecule is O=c1ccc2ccc(OCCCCN3CCN(c4cccc5sccc45)CC3)cc2[nH]1.O=c1ccc2ccc(OCCCCN3CCN(c4cccc5sccc45)CC3)cc2[nH]1. The van der Waals surface area contributed by atoms with E-state index in [4.69, 9.17) is 9.47 Å². The van der Waals surface area contributed by atoms with E-state index in [1.165, 1.54) is 31.5 Å². The van der Waals surface area contributed by atoms with Crippen molar-refractivity contribution in [1.82, 2.24) is 19.8 Å². The van der Waals surface area contributed by atoms with Gasteiger partial charge < -0.3 is 29.2 Å². The van der Waals surface area contributed by atoms with Gasteiger partial charge in [-0.15, -0.1) is 22.7 Å². The summed E-state index contributed by atoms with van der Waals surface area (Å²) in [6, 6.07) is 36.2. The van der Waals surface area contributed by atoms with Gasteiger partial charge in [0.25, 0.3) is 0 Å². The molecule has 4 aromatic heterocycles. The van der Waals surface area contributed by atoms with Gasteiger partial charge in [0, 0.05) is 108 Å². The Morgan fingerprint density at radius 3 is 1.37 bits per heavy atom. The average Bonchev–Trinajstić information content (AvgIpc) is 4.00. The fraction of sp³-hybridized carbons (Fsp3) is 0.320. The molecule has 8 aromatic rings. The number of hydrogen-bond acceptors (Lipinski definition) is 10. The summed E-state index contributed by atoms with van der Waals surface area (Å²) >= 11 is 3.63. The molecule has 2 saturated heterocycles. The molecule has 0 atom stereocenters. The zero-order valence-electron chi connectivity index (χ0n) is 35.1. The van der Waals surface area contributed by atoms with Crippen LogP contribution in [0.1, 0.15) is 25.7 Å². The van der Waals surface area contributed by atoms with E-state index in [1.54, 1.807) is 12.1 Å². The van der Waals surface area contributed by atoms with E-state index in [9.17, 15) is 9.59 Å². The Balaban J connectivity index is 0.000000158. The highest BCUT2D eigenvalue weighted by Crippen LogP contribution is 2.32. The molecule has 4 aromatic carbocycles. The van der Waals surface area contributed by atoms with Crippen LogP contribution in [0.15, 0.2) is 130 Å². The molecule has 0 spiro atoms. The molecule has 320 valence electrons. The Morgan fingerprint density at radius 1 is 0.484 bits per heavy atom. The van der Waals surface area contributed by atoms with Gasteiger partial charge in [-0.2, -0.15) is 0 Å². The number of piperazine rings is 2. The maximum atomic E-state index is 11.5. The first-order valence-corrected chi connectivity index (χ1v) is 23.7. The number of aromatic amines is 2. The molecule has 12 heteroatoms. The van der Waals surface area contributed by atoms with Gasteiger partial charge in [-0.05, 0) is 133 Å². The summed E-state index contributed by atoms with van der Waals surface area (Å²) in [4.78, 5) is 38.9. The molecule has 0 bridgehead atoms. The second kappa shape index (κ2) is 20.0. The number of anilines is 2. The molecule has 0 amide bonds. The van der Waals surface area contributed by atoms with Crippen LogP contribution in [0.5, 0.6) is 11.5 Å². The highest BCUT2D eigenvalue weighted by Gasteiger charge is 2.20. The van der Waals surface area contributed by atoms with Crippen molar-refractivity contribution < 1.29 is 9.47 Å². The van der Waals surface area contributed by atoms with Crippen LogP contribution in [0.25, 0.3) is 42.0 Å². The maximum Gasteiger partial charge on any atom is 0.248 e. The second-order valence-corrected chi connectivity index (χ2v) is 18.0. The standard InChI is InChI=1S/2C25H27N3O2S/c2*29-25-9-7-19-6-8-20(18-22(19)26-25)30-16-2-1-11-27-12-14-28(15-13-27)23-4-3-5-24-21(23)10-17-31-24/h2*3-10,17-18H,1-2,11-16H2,(H,26,29). The van der Waals surface area contributed by atoms with Gasteiger partial charge in [0.2, 0.25) is 11.1 Å². The predicted molar refractivity (Wildman–Crippen MR) is 260 cm³/mol. The van der Waals surface area contributed by atoms with E-state index in [2.05, 4.69) is 88.9 Å². The van der Waals surface area contributed by atoms with Crippen molar-refractivity contribution in [3.05, 3.63) is 141 Å². The molecule has 0 radical (unpaired) electrons. The number of rotatable bonds is 14. The molecule has 10 rings (SSSR count). The third-order valence-corrected chi connectivity index (χ3v) is 13.8. The lowest BCUT2D eigenvalue weighted by atomic mass is 10.2. The molecule has 2 fully saturated rings. The number of hydrogen-bond donors (Lipinski definition) is 2. The van der Waals surface area contributed by atoms with E-state index in [0.29, 0.717) is 13.2 Å². The van der Waals surface area contributed by atoms with Gasteiger partial charge in [-0.1, -0.05) is 12.1 Å². The molecule has 0 unspecified atom stereocenters. The zero-order valence-corrected chi connectivity index (χ0v) is 36.7. The maximum absolute atomic E-state index is 11.5. The van der Waals surface area contributed by atoms with Gasteiger partial charge >= 0.3 is 0 Å². The summed E-state index contributed by atoms with van der Waals surface area (Å²) in [5.41, 5.74) is 4.22. The normalized spacial score (nSPS) is 15.0. The number of thiophene rings is 2. The summed E-state index contributed by atoms with van der Waals surface area (Å²) in [5, 5.41) is 9.17. The van der Waals surface area contributed by atoms with Crippen LogP contribution in [0.3, 0.4) is 0 Å². The van der Waals surface area contributed by atoms with Crippen LogP contribution in [0, 0.1) is 0 Å². The predicted octanol–water partition coefficient (Wildman–Crippen LogP) is 9.45. The fourth-order valence-corrected chi connectivity index (χ4v) is 10.2. The molecule has 2 N–H and O–H groups in total. The summed E-state index contributed by atoms with van der Waals surface area (Å²) in [6.45, 7) is 12.4. The number of benzene rings is 4. The lowest BCUT2D eigenvalue weighted by molar-refractivity contribution is 0.239. The first kappa shape index (κ1) is 41.7. The van der Waals surface area contributed by atoms with Gasteiger partial charge in [0.05, 0.1) is 24.2 Å². The highest BCUT2D eigenvalue weighted by molar-refractivity contribution is 7.17. The van der Waals surface area contributed by atoms with Crippen molar-refractivity contribution in [2.75, 3.05) is 88.5 Å². The van der Waals surface area contributed by atoms with Crippen molar-refractivity contribution >= 4 is 76.0 Å². The second-order valence-electron chi connectivity index (χ2n) is 16.1. The number of nitrogens with zero attached hydrogens (tertiary/aromatic N) is 4. The van der Waals surface area contributed by atoms with Crippen LogP contribution in [-0.2, 0) is 0 Å². The molecular weight excluding hydrogens is 813 g/mol. The molecular formula is C50H54N6O4S2. The summed E-state index contributed by atoms with van der Waals surface area (Å²) in [6.07, 6.45) is 4.31. The quantitative estimate of drug-likeness (QED) is 0.105. The number of pyridine rings is 2. The number of ether oxygens (including phenoxy) is 2. The minimum atomic E-state index is -0.0863. The molecule has 62 heavy (non-hydrogen) atoms. The Kier molecular flexibility index (Phi) is 13.5. The Morgan fingerprint density at radius 2 is 0.919 bits per heavy atom. The van der Waals surface area contributed by atoms with E-state index in [-0.39, 0.29) is 11.1 Å². The van der Waals surface area contributed by atoms with Gasteiger partial charge in [-0.25, -0.2) is 0 Å². The first-order chi connectivity index (χ1) is 30.5. The van der Waals surface area contributed by atoms with Crippen molar-refractivity contribution in [3.63, 3.8) is 0 Å². The topological polar surface area (TPSA) is 97.1 Å². The monoisotopic (exact) mass is 866 g/mol. The van der Waals surface area contributed by atoms with E-state index < -0.39 is 0 Å². The number of fused-ring (bicyclic) bond motifs is 4. The average molecular weight is 867 g/mol. The molecule has 2 aliphatic heterocycles. The van der Waals surface area contributed by atoms with Crippen LogP contribution in [0.2, 0.25) is 0 Å². The Labute approximate surface area is 369 Å². The lowest BCUT2D eigenvalue weighted by Crippen LogP contribution is -2.46. The molecule has 10 nitrogen and oxygen atoms in total. The Hall–Kier alpha value is -5.66. The smallest absolute Gasteiger partial charge is 0.248 e. The minimum Gasteiger partial charge on any atom is -0.494 e. The zero-order chi connectivity index (χ0) is 42.1. The minimum absolute atomic E-state index is 0.0863. The van der Waals surface area contributed by atoms with Crippen LogP contribution >= 0.6 is 22.7 Å². The van der Waals surface area contributed by atoms with E-state index >= 15 is 0 Å². The Bertz CT molecular complexity index is 2640. The molecule has 6 heterocycles. The van der Waals surface area contributed by atoms with Crippen molar-refractivity contribution in [2.24, 2.45) is 0 Å². The summed E-state index contributed by atoms with van der Waals surface area (Å²) < 4.78 is 14.6. The van der Waals surface area contributed by atoms with Crippen molar-refractivity contribution in [3.8, 4) is 11.5 Å². The number of nitrogens with one attached hydrogen (secondary N) is 2. The van der Waals surface area contributed by atoms with Gasteiger partial charge in [0.1, 0.15) is 11.5 Å². The van der Waals surface area contributed by atoms with Gasteiger partial charge in [0.15, 0.2) is 0 Å². The number of aromatic nitrogens is 2. The van der Waals surface area contributed by atoms with Gasteiger partial charge in [-0.3, -0.25) is 19.4 Å². The van der Waals surface area contributed by atoms with Crippen molar-refractivity contribution in [1.29, 1.82) is 0 Å². The molecule has 0 saturated carbocycles. The summed E-state index contributed by atoms with van der Waals surface area (Å²) in [7, 11) is 0.